The number of rotatable bonds is 7. The summed E-state index contributed by atoms with van der Waals surface area (Å²) in [6.07, 6.45) is 4.08. The van der Waals surface area contributed by atoms with Crippen molar-refractivity contribution in [3.05, 3.63) is 29.8 Å². The fourth-order valence-corrected chi connectivity index (χ4v) is 3.58. The molecule has 0 radical (unpaired) electrons. The number of hydrogen-bond donors (Lipinski definition) is 2. The summed E-state index contributed by atoms with van der Waals surface area (Å²) in [4.78, 5) is 19.1. The van der Waals surface area contributed by atoms with E-state index in [9.17, 15) is 4.79 Å². The molecular weight excluding hydrogens is 455 g/mol. The summed E-state index contributed by atoms with van der Waals surface area (Å²) < 4.78 is 5.39. The maximum Gasteiger partial charge on any atom is 0.230 e. The van der Waals surface area contributed by atoms with Crippen molar-refractivity contribution in [3.8, 4) is 5.75 Å². The maximum atomic E-state index is 12.7. The van der Waals surface area contributed by atoms with Gasteiger partial charge in [-0.05, 0) is 25.8 Å². The van der Waals surface area contributed by atoms with Crippen molar-refractivity contribution in [2.45, 2.75) is 39.2 Å². The highest BCUT2D eigenvalue weighted by Gasteiger charge is 2.42. The van der Waals surface area contributed by atoms with Crippen molar-refractivity contribution in [3.63, 3.8) is 0 Å². The molecule has 152 valence electrons. The van der Waals surface area contributed by atoms with Crippen LogP contribution < -0.4 is 15.4 Å². The summed E-state index contributed by atoms with van der Waals surface area (Å²) in [7, 11) is 5.34. The Hall–Kier alpha value is -1.51. The molecule has 1 saturated carbocycles. The van der Waals surface area contributed by atoms with Crippen molar-refractivity contribution in [1.29, 1.82) is 0 Å². The number of carbonyl (C=O) groups is 1. The Morgan fingerprint density at radius 3 is 2.48 bits per heavy atom. The van der Waals surface area contributed by atoms with Gasteiger partial charge in [0.15, 0.2) is 5.96 Å². The summed E-state index contributed by atoms with van der Waals surface area (Å²) in [6.45, 7) is 3.94. The molecule has 0 unspecified atom stereocenters. The van der Waals surface area contributed by atoms with Crippen molar-refractivity contribution in [1.82, 2.24) is 15.5 Å². The zero-order chi connectivity index (χ0) is 19.0. The zero-order valence-corrected chi connectivity index (χ0v) is 19.2. The molecule has 0 aromatic heterocycles. The van der Waals surface area contributed by atoms with Gasteiger partial charge in [-0.25, -0.2) is 4.99 Å². The van der Waals surface area contributed by atoms with Crippen LogP contribution in [-0.2, 0) is 11.3 Å². The lowest BCUT2D eigenvalue weighted by Crippen LogP contribution is -2.49. The van der Waals surface area contributed by atoms with E-state index in [1.54, 1.807) is 12.0 Å². The number of para-hydroxylation sites is 1. The molecule has 1 aliphatic rings. The SMILES string of the molecule is CCNC(=NCc1ccccc1OC)NCC1(C(=O)N(C)C)CCCC1.I. The average Bonchev–Trinajstić information content (AvgIpc) is 3.13. The number of aliphatic imine (C=N–C) groups is 1. The van der Waals surface area contributed by atoms with Gasteiger partial charge in [0.25, 0.3) is 0 Å². The van der Waals surface area contributed by atoms with E-state index >= 15 is 0 Å². The molecular formula is C20H33IN4O2. The molecule has 1 fully saturated rings. The maximum absolute atomic E-state index is 12.7. The van der Waals surface area contributed by atoms with Gasteiger partial charge in [-0.2, -0.15) is 0 Å². The molecule has 1 aliphatic carbocycles. The number of hydrogen-bond acceptors (Lipinski definition) is 3. The predicted octanol–water partition coefficient (Wildman–Crippen LogP) is 3.02. The van der Waals surface area contributed by atoms with Crippen LogP contribution in [0, 0.1) is 5.41 Å². The predicted molar refractivity (Wildman–Crippen MR) is 121 cm³/mol. The number of carbonyl (C=O) groups excluding carboxylic acids is 1. The smallest absolute Gasteiger partial charge is 0.230 e. The molecule has 2 rings (SSSR count). The minimum absolute atomic E-state index is 0. The van der Waals surface area contributed by atoms with Gasteiger partial charge in [0.1, 0.15) is 5.75 Å². The fourth-order valence-electron chi connectivity index (χ4n) is 3.58. The molecule has 1 aromatic rings. The van der Waals surface area contributed by atoms with Crippen LogP contribution in [0.1, 0.15) is 38.2 Å². The molecule has 0 saturated heterocycles. The van der Waals surface area contributed by atoms with Gasteiger partial charge in [-0.3, -0.25) is 4.79 Å². The van der Waals surface area contributed by atoms with E-state index in [0.717, 1.165) is 49.5 Å². The molecule has 0 spiro atoms. The molecule has 1 amide bonds. The normalized spacial score (nSPS) is 15.6. The summed E-state index contributed by atoms with van der Waals surface area (Å²) in [5.41, 5.74) is 0.719. The van der Waals surface area contributed by atoms with Gasteiger partial charge in [-0.15, -0.1) is 24.0 Å². The monoisotopic (exact) mass is 488 g/mol. The minimum Gasteiger partial charge on any atom is -0.496 e. The average molecular weight is 488 g/mol. The Balaban J connectivity index is 0.00000364. The number of nitrogens with zero attached hydrogens (tertiary/aromatic N) is 2. The van der Waals surface area contributed by atoms with E-state index in [-0.39, 0.29) is 35.3 Å². The van der Waals surface area contributed by atoms with Crippen LogP contribution in [0.15, 0.2) is 29.3 Å². The summed E-state index contributed by atoms with van der Waals surface area (Å²) >= 11 is 0. The third-order valence-electron chi connectivity index (χ3n) is 4.96. The lowest BCUT2D eigenvalue weighted by atomic mass is 9.84. The van der Waals surface area contributed by atoms with Crippen LogP contribution in [0.4, 0.5) is 0 Å². The van der Waals surface area contributed by atoms with Crippen LogP contribution in [-0.4, -0.2) is 51.1 Å². The Labute approximate surface area is 180 Å². The van der Waals surface area contributed by atoms with E-state index < -0.39 is 0 Å². The van der Waals surface area contributed by atoms with E-state index in [4.69, 9.17) is 4.74 Å². The van der Waals surface area contributed by atoms with Crippen LogP contribution in [0.25, 0.3) is 0 Å². The first-order chi connectivity index (χ1) is 12.5. The molecule has 2 N–H and O–H groups in total. The second-order valence-electron chi connectivity index (χ2n) is 7.05. The highest BCUT2D eigenvalue weighted by molar-refractivity contribution is 14.0. The number of halogens is 1. The highest BCUT2D eigenvalue weighted by atomic mass is 127. The van der Waals surface area contributed by atoms with Gasteiger partial charge in [0.2, 0.25) is 5.91 Å². The first kappa shape index (κ1) is 23.5. The molecule has 0 bridgehead atoms. The number of guanidine groups is 1. The van der Waals surface area contributed by atoms with E-state index in [1.807, 2.05) is 45.3 Å². The van der Waals surface area contributed by atoms with E-state index in [1.165, 1.54) is 0 Å². The largest absolute Gasteiger partial charge is 0.496 e. The summed E-state index contributed by atoms with van der Waals surface area (Å²) in [5, 5.41) is 6.67. The molecule has 6 nitrogen and oxygen atoms in total. The molecule has 0 aliphatic heterocycles. The third kappa shape index (κ3) is 6.26. The van der Waals surface area contributed by atoms with Crippen molar-refractivity contribution >= 4 is 35.8 Å². The van der Waals surface area contributed by atoms with Crippen molar-refractivity contribution < 1.29 is 9.53 Å². The van der Waals surface area contributed by atoms with Crippen LogP contribution in [0.5, 0.6) is 5.75 Å². The lowest BCUT2D eigenvalue weighted by Gasteiger charge is -2.31. The Bertz CT molecular complexity index is 628. The van der Waals surface area contributed by atoms with Gasteiger partial charge in [0, 0.05) is 32.7 Å². The van der Waals surface area contributed by atoms with Crippen molar-refractivity contribution in [2.24, 2.45) is 10.4 Å². The Morgan fingerprint density at radius 2 is 1.89 bits per heavy atom. The fraction of sp³-hybridized carbons (Fsp3) is 0.600. The van der Waals surface area contributed by atoms with E-state index in [0.29, 0.717) is 13.1 Å². The summed E-state index contributed by atoms with van der Waals surface area (Å²) in [5.74, 6) is 1.78. The molecule has 0 atom stereocenters. The second-order valence-corrected chi connectivity index (χ2v) is 7.05. The van der Waals surface area contributed by atoms with Crippen LogP contribution in [0.3, 0.4) is 0 Å². The molecule has 27 heavy (non-hydrogen) atoms. The summed E-state index contributed by atoms with van der Waals surface area (Å²) in [6, 6.07) is 7.89. The highest BCUT2D eigenvalue weighted by Crippen LogP contribution is 2.38. The van der Waals surface area contributed by atoms with Crippen molar-refractivity contribution in [2.75, 3.05) is 34.3 Å². The third-order valence-corrected chi connectivity index (χ3v) is 4.96. The first-order valence-corrected chi connectivity index (χ1v) is 9.38. The lowest BCUT2D eigenvalue weighted by molar-refractivity contribution is -0.138. The number of methoxy groups -OCH3 is 1. The number of ether oxygens (including phenoxy) is 1. The van der Waals surface area contributed by atoms with E-state index in [2.05, 4.69) is 15.6 Å². The quantitative estimate of drug-likeness (QED) is 0.352. The second kappa shape index (κ2) is 11.4. The van der Waals surface area contributed by atoms with Crippen LogP contribution >= 0.6 is 24.0 Å². The zero-order valence-electron chi connectivity index (χ0n) is 16.9. The number of nitrogens with one attached hydrogen (secondary N) is 2. The van der Waals surface area contributed by atoms with Crippen LogP contribution in [0.2, 0.25) is 0 Å². The minimum atomic E-state index is -0.315. The molecule has 7 heteroatoms. The van der Waals surface area contributed by atoms with Gasteiger partial charge < -0.3 is 20.3 Å². The topological polar surface area (TPSA) is 66.0 Å². The van der Waals surface area contributed by atoms with Gasteiger partial charge in [0.05, 0.1) is 19.1 Å². The molecule has 1 aromatic carbocycles. The standard InChI is InChI=1S/C20H32N4O2.HI/c1-5-21-19(22-14-16-10-6-7-11-17(16)26-4)23-15-20(12-8-9-13-20)18(25)24(2)3;/h6-7,10-11H,5,8-9,12-15H2,1-4H3,(H2,21,22,23);1H. The Morgan fingerprint density at radius 1 is 1.22 bits per heavy atom. The van der Waals surface area contributed by atoms with Gasteiger partial charge in [-0.1, -0.05) is 31.0 Å². The first-order valence-electron chi connectivity index (χ1n) is 9.38. The Kier molecular flexibility index (Phi) is 9.90. The number of amides is 1. The number of benzene rings is 1. The van der Waals surface area contributed by atoms with Gasteiger partial charge >= 0.3 is 0 Å². The molecule has 0 heterocycles.